The zero-order valence-corrected chi connectivity index (χ0v) is 11.9. The fraction of sp³-hybridized carbons (Fsp3) is 0.188. The van der Waals surface area contributed by atoms with Crippen LogP contribution in [0.4, 0.5) is 5.69 Å². The Kier molecular flexibility index (Phi) is 5.02. The Bertz CT molecular complexity index is 572. The van der Waals surface area contributed by atoms with Crippen LogP contribution in [0.3, 0.4) is 0 Å². The molecule has 0 saturated carbocycles. The van der Waals surface area contributed by atoms with E-state index in [0.29, 0.717) is 17.2 Å². The Morgan fingerprint density at radius 1 is 1.15 bits per heavy atom. The topological polar surface area (TPSA) is 38.3 Å². The summed E-state index contributed by atoms with van der Waals surface area (Å²) in [6, 6.07) is 16.1. The van der Waals surface area contributed by atoms with Crippen molar-refractivity contribution in [3.05, 3.63) is 65.2 Å². The fourth-order valence-corrected chi connectivity index (χ4v) is 2.14. The van der Waals surface area contributed by atoms with E-state index in [2.05, 4.69) is 5.32 Å². The Morgan fingerprint density at radius 3 is 2.45 bits per heavy atom. The van der Waals surface area contributed by atoms with E-state index in [1.54, 1.807) is 13.0 Å². The van der Waals surface area contributed by atoms with Gasteiger partial charge in [-0.05, 0) is 25.1 Å². The number of hydrogen-bond acceptors (Lipinski definition) is 3. The van der Waals surface area contributed by atoms with Crippen LogP contribution in [0.15, 0.2) is 54.6 Å². The van der Waals surface area contributed by atoms with Crippen molar-refractivity contribution < 1.29 is 9.53 Å². The predicted octanol–water partition coefficient (Wildman–Crippen LogP) is 4.06. The molecule has 0 spiro atoms. The summed E-state index contributed by atoms with van der Waals surface area (Å²) in [5, 5.41) is 3.70. The summed E-state index contributed by atoms with van der Waals surface area (Å²) < 4.78 is 5.13. The summed E-state index contributed by atoms with van der Waals surface area (Å²) in [4.78, 5) is 12.2. The molecule has 1 unspecified atom stereocenters. The quantitative estimate of drug-likeness (QED) is 0.844. The van der Waals surface area contributed by atoms with Gasteiger partial charge in [0.15, 0.2) is 6.04 Å². The molecule has 0 bridgehead atoms. The maximum atomic E-state index is 12.2. The number of carbonyl (C=O) groups is 1. The lowest BCUT2D eigenvalue weighted by molar-refractivity contribution is -0.144. The van der Waals surface area contributed by atoms with Gasteiger partial charge in [-0.25, -0.2) is 4.79 Å². The van der Waals surface area contributed by atoms with E-state index in [0.717, 1.165) is 5.69 Å². The van der Waals surface area contributed by atoms with Crippen molar-refractivity contribution in [2.45, 2.75) is 13.0 Å². The van der Waals surface area contributed by atoms with Crippen LogP contribution < -0.4 is 5.32 Å². The zero-order valence-electron chi connectivity index (χ0n) is 11.2. The minimum atomic E-state index is -0.619. The summed E-state index contributed by atoms with van der Waals surface area (Å²) >= 11 is 6.18. The molecule has 0 saturated heterocycles. The third-order valence-corrected chi connectivity index (χ3v) is 3.17. The van der Waals surface area contributed by atoms with Gasteiger partial charge in [-0.15, -0.1) is 0 Å². The average Bonchev–Trinajstić information content (AvgIpc) is 2.47. The Balaban J connectivity index is 2.30. The van der Waals surface area contributed by atoms with Gasteiger partial charge in [-0.2, -0.15) is 0 Å². The maximum absolute atomic E-state index is 12.2. The van der Waals surface area contributed by atoms with Crippen LogP contribution in [-0.4, -0.2) is 12.6 Å². The van der Waals surface area contributed by atoms with Gasteiger partial charge < -0.3 is 10.1 Å². The van der Waals surface area contributed by atoms with Crippen molar-refractivity contribution in [2.75, 3.05) is 11.9 Å². The first-order valence-corrected chi connectivity index (χ1v) is 6.83. The van der Waals surface area contributed by atoms with Gasteiger partial charge in [0.05, 0.1) is 6.61 Å². The van der Waals surface area contributed by atoms with Crippen molar-refractivity contribution >= 4 is 23.3 Å². The van der Waals surface area contributed by atoms with Crippen LogP contribution in [0, 0.1) is 0 Å². The second kappa shape index (κ2) is 6.96. The number of nitrogens with one attached hydrogen (secondary N) is 1. The molecule has 1 N–H and O–H groups in total. The monoisotopic (exact) mass is 289 g/mol. The lowest BCUT2D eigenvalue weighted by Gasteiger charge is -2.19. The molecule has 104 valence electrons. The minimum absolute atomic E-state index is 0.330. The van der Waals surface area contributed by atoms with Crippen LogP contribution in [0.1, 0.15) is 18.5 Å². The molecule has 0 radical (unpaired) electrons. The Morgan fingerprint density at radius 2 is 1.80 bits per heavy atom. The molecule has 0 aliphatic carbocycles. The van der Waals surface area contributed by atoms with Crippen molar-refractivity contribution in [2.24, 2.45) is 0 Å². The third-order valence-electron chi connectivity index (χ3n) is 2.82. The zero-order chi connectivity index (χ0) is 14.4. The third kappa shape index (κ3) is 3.52. The van der Waals surface area contributed by atoms with E-state index >= 15 is 0 Å². The van der Waals surface area contributed by atoms with Crippen molar-refractivity contribution in [1.29, 1.82) is 0 Å². The second-order valence-corrected chi connectivity index (χ2v) is 4.62. The summed E-state index contributed by atoms with van der Waals surface area (Å²) in [5.74, 6) is -0.343. The van der Waals surface area contributed by atoms with E-state index in [9.17, 15) is 4.79 Å². The summed E-state index contributed by atoms with van der Waals surface area (Å²) in [7, 11) is 0. The number of rotatable bonds is 5. The van der Waals surface area contributed by atoms with Crippen LogP contribution in [-0.2, 0) is 9.53 Å². The number of anilines is 1. The summed E-state index contributed by atoms with van der Waals surface area (Å²) in [5.41, 5.74) is 1.54. The molecule has 2 aromatic rings. The molecule has 20 heavy (non-hydrogen) atoms. The first-order chi connectivity index (χ1) is 9.72. The number of para-hydroxylation sites is 1. The van der Waals surface area contributed by atoms with Gasteiger partial charge in [0.2, 0.25) is 0 Å². The SMILES string of the molecule is CCOC(=O)C(Nc1ccccc1)c1ccccc1Cl. The lowest BCUT2D eigenvalue weighted by Crippen LogP contribution is -2.23. The van der Waals surface area contributed by atoms with Gasteiger partial charge in [0.25, 0.3) is 0 Å². The largest absolute Gasteiger partial charge is 0.464 e. The molecule has 0 aliphatic rings. The molecule has 2 rings (SSSR count). The fourth-order valence-electron chi connectivity index (χ4n) is 1.90. The van der Waals surface area contributed by atoms with Gasteiger partial charge in [-0.1, -0.05) is 48.0 Å². The van der Waals surface area contributed by atoms with Gasteiger partial charge in [0, 0.05) is 16.3 Å². The summed E-state index contributed by atoms with van der Waals surface area (Å²) in [6.45, 7) is 2.11. The maximum Gasteiger partial charge on any atom is 0.333 e. The first kappa shape index (κ1) is 14.4. The molecule has 1 atom stereocenters. The molecule has 4 heteroatoms. The minimum Gasteiger partial charge on any atom is -0.464 e. The number of ether oxygens (including phenoxy) is 1. The summed E-state index contributed by atoms with van der Waals surface area (Å²) in [6.07, 6.45) is 0. The Hall–Kier alpha value is -2.00. The predicted molar refractivity (Wildman–Crippen MR) is 80.9 cm³/mol. The number of benzene rings is 2. The van der Waals surface area contributed by atoms with Crippen molar-refractivity contribution in [3.63, 3.8) is 0 Å². The van der Waals surface area contributed by atoms with Crippen molar-refractivity contribution in [1.82, 2.24) is 0 Å². The second-order valence-electron chi connectivity index (χ2n) is 4.22. The van der Waals surface area contributed by atoms with Crippen LogP contribution in [0.25, 0.3) is 0 Å². The average molecular weight is 290 g/mol. The highest BCUT2D eigenvalue weighted by Gasteiger charge is 2.23. The molecule has 0 aliphatic heterocycles. The molecule has 0 fully saturated rings. The number of esters is 1. The highest BCUT2D eigenvalue weighted by molar-refractivity contribution is 6.31. The van der Waals surface area contributed by atoms with E-state index < -0.39 is 6.04 Å². The van der Waals surface area contributed by atoms with Gasteiger partial charge in [-0.3, -0.25) is 0 Å². The molecule has 0 aromatic heterocycles. The number of halogens is 1. The van der Waals surface area contributed by atoms with Crippen LogP contribution >= 0.6 is 11.6 Å². The molecule has 3 nitrogen and oxygen atoms in total. The van der Waals surface area contributed by atoms with Crippen LogP contribution in [0.5, 0.6) is 0 Å². The lowest BCUT2D eigenvalue weighted by atomic mass is 10.1. The molecular weight excluding hydrogens is 274 g/mol. The Labute approximate surface area is 123 Å². The highest BCUT2D eigenvalue weighted by atomic mass is 35.5. The highest BCUT2D eigenvalue weighted by Crippen LogP contribution is 2.27. The number of hydrogen-bond donors (Lipinski definition) is 1. The van der Waals surface area contributed by atoms with Crippen molar-refractivity contribution in [3.8, 4) is 0 Å². The molecular formula is C16H16ClNO2. The van der Waals surface area contributed by atoms with E-state index in [-0.39, 0.29) is 5.97 Å². The standard InChI is InChI=1S/C16H16ClNO2/c1-2-20-16(19)15(13-10-6-7-11-14(13)17)18-12-8-4-3-5-9-12/h3-11,15,18H,2H2,1H3. The van der Waals surface area contributed by atoms with Crippen LogP contribution in [0.2, 0.25) is 5.02 Å². The van der Waals surface area contributed by atoms with Gasteiger partial charge in [0.1, 0.15) is 0 Å². The smallest absolute Gasteiger partial charge is 0.333 e. The number of carbonyl (C=O) groups excluding carboxylic acids is 1. The molecule has 0 heterocycles. The first-order valence-electron chi connectivity index (χ1n) is 6.45. The normalized spacial score (nSPS) is 11.7. The van der Waals surface area contributed by atoms with Gasteiger partial charge >= 0.3 is 5.97 Å². The van der Waals surface area contributed by atoms with E-state index in [1.807, 2.05) is 48.5 Å². The van der Waals surface area contributed by atoms with E-state index in [4.69, 9.17) is 16.3 Å². The molecule has 0 amide bonds. The molecule has 2 aromatic carbocycles. The van der Waals surface area contributed by atoms with E-state index in [1.165, 1.54) is 0 Å².